The van der Waals surface area contributed by atoms with Crippen molar-refractivity contribution < 1.29 is 9.13 Å². The van der Waals surface area contributed by atoms with Crippen LogP contribution in [0.2, 0.25) is 0 Å². The van der Waals surface area contributed by atoms with Crippen molar-refractivity contribution >= 4 is 0 Å². The molecule has 1 aliphatic heterocycles. The number of methoxy groups -OCH3 is 1. The highest BCUT2D eigenvalue weighted by Crippen LogP contribution is 2.23. The van der Waals surface area contributed by atoms with Crippen molar-refractivity contribution in [1.82, 2.24) is 5.32 Å². The number of hydrogen-bond donors (Lipinski definition) is 1. The number of ether oxygens (including phenoxy) is 1. The van der Waals surface area contributed by atoms with Gasteiger partial charge in [-0.1, -0.05) is 0 Å². The lowest BCUT2D eigenvalue weighted by molar-refractivity contribution is 0.0543. The SMILES string of the molecule is COC[C@]1(F)CNC(C)C1. The van der Waals surface area contributed by atoms with Crippen LogP contribution in [0.5, 0.6) is 0 Å². The van der Waals surface area contributed by atoms with E-state index in [1.165, 1.54) is 7.11 Å². The summed E-state index contributed by atoms with van der Waals surface area (Å²) in [5.41, 5.74) is -1.12. The van der Waals surface area contributed by atoms with E-state index in [0.717, 1.165) is 0 Å². The summed E-state index contributed by atoms with van der Waals surface area (Å²) < 4.78 is 18.1. The molecule has 0 amide bonds. The van der Waals surface area contributed by atoms with E-state index in [0.29, 0.717) is 19.0 Å². The average Bonchev–Trinajstić information content (AvgIpc) is 2.12. The Labute approximate surface area is 60.8 Å². The van der Waals surface area contributed by atoms with E-state index in [-0.39, 0.29) is 6.61 Å². The zero-order valence-corrected chi connectivity index (χ0v) is 6.48. The summed E-state index contributed by atoms with van der Waals surface area (Å²) in [6.45, 7) is 2.63. The zero-order chi connectivity index (χ0) is 7.61. The fraction of sp³-hybridized carbons (Fsp3) is 1.00. The molecule has 0 aromatic rings. The van der Waals surface area contributed by atoms with Crippen LogP contribution in [-0.2, 0) is 4.74 Å². The molecule has 1 unspecified atom stereocenters. The lowest BCUT2D eigenvalue weighted by Crippen LogP contribution is -2.31. The van der Waals surface area contributed by atoms with Gasteiger partial charge in [0.1, 0.15) is 5.67 Å². The fourth-order valence-corrected chi connectivity index (χ4v) is 1.42. The summed E-state index contributed by atoms with van der Waals surface area (Å²) in [6.07, 6.45) is 0.570. The summed E-state index contributed by atoms with van der Waals surface area (Å²) in [6, 6.07) is 0.292. The van der Waals surface area contributed by atoms with Crippen LogP contribution in [-0.4, -0.2) is 32.0 Å². The Hall–Kier alpha value is -0.150. The standard InChI is InChI=1S/C7H14FNO/c1-6-3-7(8,4-9-6)5-10-2/h6,9H,3-5H2,1-2H3/t6?,7-/m1/s1. The molecule has 0 aromatic carbocycles. The molecule has 1 saturated heterocycles. The topological polar surface area (TPSA) is 21.3 Å². The van der Waals surface area contributed by atoms with Gasteiger partial charge in [-0.05, 0) is 13.3 Å². The molecule has 0 spiro atoms. The molecule has 0 aliphatic carbocycles. The second-order valence-electron chi connectivity index (χ2n) is 3.07. The number of rotatable bonds is 2. The maximum atomic E-state index is 13.4. The van der Waals surface area contributed by atoms with Crippen LogP contribution >= 0.6 is 0 Å². The minimum Gasteiger partial charge on any atom is -0.381 e. The van der Waals surface area contributed by atoms with Gasteiger partial charge in [-0.25, -0.2) is 4.39 Å². The van der Waals surface area contributed by atoms with E-state index in [9.17, 15) is 4.39 Å². The molecule has 10 heavy (non-hydrogen) atoms. The third-order valence-corrected chi connectivity index (χ3v) is 1.84. The molecular weight excluding hydrogens is 133 g/mol. The molecule has 60 valence electrons. The van der Waals surface area contributed by atoms with Gasteiger partial charge in [-0.3, -0.25) is 0 Å². The molecule has 1 N–H and O–H groups in total. The normalized spacial score (nSPS) is 40.5. The minimum atomic E-state index is -1.12. The van der Waals surface area contributed by atoms with Gasteiger partial charge in [-0.15, -0.1) is 0 Å². The van der Waals surface area contributed by atoms with Gasteiger partial charge in [0.2, 0.25) is 0 Å². The molecule has 0 saturated carbocycles. The second-order valence-corrected chi connectivity index (χ2v) is 3.07. The third-order valence-electron chi connectivity index (χ3n) is 1.84. The number of hydrogen-bond acceptors (Lipinski definition) is 2. The second kappa shape index (κ2) is 2.84. The third kappa shape index (κ3) is 1.67. The smallest absolute Gasteiger partial charge is 0.148 e. The minimum absolute atomic E-state index is 0.213. The van der Waals surface area contributed by atoms with Gasteiger partial charge >= 0.3 is 0 Å². The van der Waals surface area contributed by atoms with Crippen LogP contribution in [0.25, 0.3) is 0 Å². The van der Waals surface area contributed by atoms with Crippen LogP contribution < -0.4 is 5.32 Å². The van der Waals surface area contributed by atoms with Gasteiger partial charge < -0.3 is 10.1 Å². The van der Waals surface area contributed by atoms with E-state index in [4.69, 9.17) is 4.74 Å². The maximum Gasteiger partial charge on any atom is 0.148 e. The molecule has 3 heteroatoms. The molecule has 0 aromatic heterocycles. The molecule has 2 nitrogen and oxygen atoms in total. The summed E-state index contributed by atoms with van der Waals surface area (Å²) in [5.74, 6) is 0. The first-order chi connectivity index (χ1) is 4.66. The first kappa shape index (κ1) is 7.95. The molecule has 1 aliphatic rings. The van der Waals surface area contributed by atoms with Gasteiger partial charge in [-0.2, -0.15) is 0 Å². The predicted molar refractivity (Wildman–Crippen MR) is 37.8 cm³/mol. The molecule has 2 atom stereocenters. The van der Waals surface area contributed by atoms with Gasteiger partial charge in [0, 0.05) is 19.7 Å². The predicted octanol–water partition coefficient (Wildman–Crippen LogP) is 0.723. The van der Waals surface area contributed by atoms with Gasteiger partial charge in [0.15, 0.2) is 0 Å². The summed E-state index contributed by atoms with van der Waals surface area (Å²) >= 11 is 0. The average molecular weight is 147 g/mol. The Morgan fingerprint density at radius 2 is 2.50 bits per heavy atom. The van der Waals surface area contributed by atoms with Crippen molar-refractivity contribution in [2.24, 2.45) is 0 Å². The molecule has 1 rings (SSSR count). The van der Waals surface area contributed by atoms with Gasteiger partial charge in [0.05, 0.1) is 6.61 Å². The lowest BCUT2D eigenvalue weighted by Gasteiger charge is -2.16. The van der Waals surface area contributed by atoms with E-state index < -0.39 is 5.67 Å². The molecular formula is C7H14FNO. The van der Waals surface area contributed by atoms with Gasteiger partial charge in [0.25, 0.3) is 0 Å². The Morgan fingerprint density at radius 1 is 1.80 bits per heavy atom. The van der Waals surface area contributed by atoms with E-state index in [2.05, 4.69) is 5.32 Å². The Balaban J connectivity index is 2.38. The van der Waals surface area contributed by atoms with Crippen molar-refractivity contribution in [3.63, 3.8) is 0 Å². The van der Waals surface area contributed by atoms with Crippen LogP contribution in [0.15, 0.2) is 0 Å². The van der Waals surface area contributed by atoms with Crippen LogP contribution in [0.1, 0.15) is 13.3 Å². The molecule has 0 radical (unpaired) electrons. The maximum absolute atomic E-state index is 13.4. The van der Waals surface area contributed by atoms with E-state index >= 15 is 0 Å². The van der Waals surface area contributed by atoms with Crippen molar-refractivity contribution in [3.05, 3.63) is 0 Å². The Morgan fingerprint density at radius 3 is 2.90 bits per heavy atom. The first-order valence-electron chi connectivity index (χ1n) is 3.57. The van der Waals surface area contributed by atoms with E-state index in [1.807, 2.05) is 6.92 Å². The largest absolute Gasteiger partial charge is 0.381 e. The van der Waals surface area contributed by atoms with Crippen molar-refractivity contribution in [2.45, 2.75) is 25.1 Å². The summed E-state index contributed by atoms with van der Waals surface area (Å²) in [5, 5.41) is 3.04. The van der Waals surface area contributed by atoms with Crippen LogP contribution in [0, 0.1) is 0 Å². The quantitative estimate of drug-likeness (QED) is 0.621. The zero-order valence-electron chi connectivity index (χ0n) is 6.48. The Kier molecular flexibility index (Phi) is 2.26. The highest BCUT2D eigenvalue weighted by atomic mass is 19.1. The first-order valence-corrected chi connectivity index (χ1v) is 3.57. The highest BCUT2D eigenvalue weighted by molar-refractivity contribution is 4.92. The van der Waals surface area contributed by atoms with E-state index in [1.54, 1.807) is 0 Å². The monoisotopic (exact) mass is 147 g/mol. The van der Waals surface area contributed by atoms with Crippen molar-refractivity contribution in [1.29, 1.82) is 0 Å². The highest BCUT2D eigenvalue weighted by Gasteiger charge is 2.37. The van der Waals surface area contributed by atoms with Crippen LogP contribution in [0.4, 0.5) is 4.39 Å². The number of nitrogens with one attached hydrogen (secondary N) is 1. The number of alkyl halides is 1. The van der Waals surface area contributed by atoms with Crippen molar-refractivity contribution in [3.8, 4) is 0 Å². The number of halogens is 1. The summed E-state index contributed by atoms with van der Waals surface area (Å²) in [4.78, 5) is 0. The Bertz CT molecular complexity index is 116. The fourth-order valence-electron chi connectivity index (χ4n) is 1.42. The lowest BCUT2D eigenvalue weighted by atomic mass is 10.0. The molecule has 1 heterocycles. The van der Waals surface area contributed by atoms with Crippen LogP contribution in [0.3, 0.4) is 0 Å². The molecule has 0 bridgehead atoms. The molecule has 1 fully saturated rings. The summed E-state index contributed by atoms with van der Waals surface area (Å²) in [7, 11) is 1.53. The van der Waals surface area contributed by atoms with Crippen molar-refractivity contribution in [2.75, 3.05) is 20.3 Å².